The fraction of sp³-hybridized carbons (Fsp3) is 0.167. The zero-order chi connectivity index (χ0) is 17.6. The first-order valence-corrected chi connectivity index (χ1v) is 8.22. The lowest BCUT2D eigenvalue weighted by atomic mass is 10.1. The van der Waals surface area contributed by atoms with Gasteiger partial charge < -0.3 is 10.1 Å². The van der Waals surface area contributed by atoms with Crippen molar-refractivity contribution in [2.75, 3.05) is 11.9 Å². The number of aromatic amines is 1. The van der Waals surface area contributed by atoms with Crippen LogP contribution in [0.1, 0.15) is 18.2 Å². The molecule has 6 nitrogen and oxygen atoms in total. The van der Waals surface area contributed by atoms with Crippen LogP contribution in [-0.2, 0) is 6.42 Å². The number of halogens is 1. The molecule has 25 heavy (non-hydrogen) atoms. The van der Waals surface area contributed by atoms with E-state index < -0.39 is 0 Å². The second-order valence-corrected chi connectivity index (χ2v) is 5.71. The average molecular weight is 357 g/mol. The molecule has 128 valence electrons. The van der Waals surface area contributed by atoms with Gasteiger partial charge >= 0.3 is 0 Å². The van der Waals surface area contributed by atoms with Crippen molar-refractivity contribution in [1.29, 1.82) is 0 Å². The smallest absolute Gasteiger partial charge is 0.274 e. The van der Waals surface area contributed by atoms with Crippen LogP contribution in [0.15, 0.2) is 53.3 Å². The highest BCUT2D eigenvalue weighted by atomic mass is 35.5. The van der Waals surface area contributed by atoms with Gasteiger partial charge in [-0.3, -0.25) is 9.78 Å². The van der Waals surface area contributed by atoms with E-state index in [2.05, 4.69) is 20.5 Å². The molecular weight excluding hydrogens is 340 g/mol. The minimum atomic E-state index is -0.302. The van der Waals surface area contributed by atoms with Crippen LogP contribution in [0.4, 0.5) is 11.6 Å². The number of rotatable bonds is 6. The Hall–Kier alpha value is -2.86. The van der Waals surface area contributed by atoms with Crippen molar-refractivity contribution in [1.82, 2.24) is 15.2 Å². The molecule has 0 radical (unpaired) electrons. The maximum absolute atomic E-state index is 12.2. The zero-order valence-electron chi connectivity index (χ0n) is 13.6. The predicted octanol–water partition coefficient (Wildman–Crippen LogP) is 3.55. The van der Waals surface area contributed by atoms with Gasteiger partial charge in [0.05, 0.1) is 6.61 Å². The van der Waals surface area contributed by atoms with Gasteiger partial charge in [-0.25, -0.2) is 0 Å². The van der Waals surface area contributed by atoms with Crippen molar-refractivity contribution in [3.05, 3.63) is 75.2 Å². The van der Waals surface area contributed by atoms with Crippen molar-refractivity contribution >= 4 is 23.2 Å². The van der Waals surface area contributed by atoms with Gasteiger partial charge in [-0.05, 0) is 42.8 Å². The molecular formula is C18H17ClN4O2. The van der Waals surface area contributed by atoms with E-state index in [0.29, 0.717) is 23.7 Å². The van der Waals surface area contributed by atoms with Crippen LogP contribution in [-0.4, -0.2) is 21.8 Å². The van der Waals surface area contributed by atoms with Crippen LogP contribution >= 0.6 is 11.6 Å². The monoisotopic (exact) mass is 356 g/mol. The molecule has 1 aromatic heterocycles. The summed E-state index contributed by atoms with van der Waals surface area (Å²) >= 11 is 6.12. The predicted molar refractivity (Wildman–Crippen MR) is 97.8 cm³/mol. The summed E-state index contributed by atoms with van der Waals surface area (Å²) in [6.07, 6.45) is 0.325. The van der Waals surface area contributed by atoms with Crippen LogP contribution in [0.5, 0.6) is 5.75 Å². The molecule has 2 N–H and O–H groups in total. The van der Waals surface area contributed by atoms with Gasteiger partial charge in [0.15, 0.2) is 0 Å². The molecule has 0 spiro atoms. The van der Waals surface area contributed by atoms with E-state index in [1.54, 1.807) is 6.07 Å². The van der Waals surface area contributed by atoms with Crippen molar-refractivity contribution in [3.63, 3.8) is 0 Å². The van der Waals surface area contributed by atoms with Crippen molar-refractivity contribution in [2.45, 2.75) is 13.3 Å². The first-order chi connectivity index (χ1) is 12.2. The third kappa shape index (κ3) is 4.36. The highest BCUT2D eigenvalue weighted by molar-refractivity contribution is 6.31. The molecule has 0 amide bonds. The average Bonchev–Trinajstić information content (AvgIpc) is 2.61. The Morgan fingerprint density at radius 3 is 2.56 bits per heavy atom. The number of H-pyrrole nitrogens is 1. The number of ether oxygens (including phenoxy) is 1. The summed E-state index contributed by atoms with van der Waals surface area (Å²) in [7, 11) is 0. The topological polar surface area (TPSA) is 79.9 Å². The number of aromatic nitrogens is 3. The van der Waals surface area contributed by atoms with Crippen LogP contribution < -0.4 is 15.6 Å². The van der Waals surface area contributed by atoms with Crippen LogP contribution in [0.2, 0.25) is 5.02 Å². The van der Waals surface area contributed by atoms with Crippen molar-refractivity contribution in [3.8, 4) is 5.75 Å². The Bertz CT molecular complexity index is 909. The second-order valence-electron chi connectivity index (χ2n) is 5.30. The number of hydrogen-bond donors (Lipinski definition) is 2. The molecule has 0 saturated heterocycles. The van der Waals surface area contributed by atoms with E-state index >= 15 is 0 Å². The van der Waals surface area contributed by atoms with E-state index in [-0.39, 0.29) is 11.5 Å². The van der Waals surface area contributed by atoms with Crippen LogP contribution in [0.3, 0.4) is 0 Å². The summed E-state index contributed by atoms with van der Waals surface area (Å²) in [5.74, 6) is 1.06. The normalized spacial score (nSPS) is 10.5. The number of anilines is 2. The fourth-order valence-electron chi connectivity index (χ4n) is 2.29. The molecule has 0 bridgehead atoms. The van der Waals surface area contributed by atoms with E-state index in [9.17, 15) is 4.79 Å². The Morgan fingerprint density at radius 2 is 1.88 bits per heavy atom. The Morgan fingerprint density at radius 1 is 1.12 bits per heavy atom. The van der Waals surface area contributed by atoms with E-state index in [4.69, 9.17) is 16.3 Å². The van der Waals surface area contributed by atoms with E-state index in [1.165, 1.54) is 0 Å². The number of benzene rings is 2. The van der Waals surface area contributed by atoms with Gasteiger partial charge in [0.2, 0.25) is 5.95 Å². The minimum absolute atomic E-state index is 0.275. The maximum atomic E-state index is 12.2. The molecule has 0 atom stereocenters. The molecule has 0 unspecified atom stereocenters. The fourth-order valence-corrected chi connectivity index (χ4v) is 2.49. The third-order valence-electron chi connectivity index (χ3n) is 3.51. The summed E-state index contributed by atoms with van der Waals surface area (Å²) in [5, 5.41) is 11.6. The number of nitrogens with one attached hydrogen (secondary N) is 2. The molecule has 1 heterocycles. The van der Waals surface area contributed by atoms with Gasteiger partial charge in [-0.15, -0.1) is 10.2 Å². The Kier molecular flexibility index (Phi) is 5.30. The lowest BCUT2D eigenvalue weighted by molar-refractivity contribution is 0.340. The summed E-state index contributed by atoms with van der Waals surface area (Å²) in [5.41, 5.74) is 1.61. The number of hydrogen-bond acceptors (Lipinski definition) is 5. The molecule has 2 aromatic carbocycles. The quantitative estimate of drug-likeness (QED) is 0.706. The van der Waals surface area contributed by atoms with Crippen molar-refractivity contribution in [2.24, 2.45) is 0 Å². The highest BCUT2D eigenvalue weighted by Gasteiger charge is 2.08. The SMILES string of the molecule is CCOc1ccc(Nc2nnc(Cc3ccccc3Cl)c(=O)[nH]2)cc1. The lowest BCUT2D eigenvalue weighted by Crippen LogP contribution is -2.19. The standard InChI is InChI=1S/C18H17ClN4O2/c1-2-25-14-9-7-13(8-10-14)20-18-21-17(24)16(22-23-18)11-12-5-3-4-6-15(12)19/h3-10H,2,11H2,1H3,(H2,20,21,23,24). The molecule has 0 aliphatic heterocycles. The van der Waals surface area contributed by atoms with Gasteiger partial charge in [0.1, 0.15) is 11.4 Å². The lowest BCUT2D eigenvalue weighted by Gasteiger charge is -2.07. The molecule has 0 saturated carbocycles. The van der Waals surface area contributed by atoms with Gasteiger partial charge in [-0.1, -0.05) is 29.8 Å². The van der Waals surface area contributed by atoms with Crippen molar-refractivity contribution < 1.29 is 4.74 Å². The van der Waals surface area contributed by atoms with Gasteiger partial charge in [0, 0.05) is 17.1 Å². The summed E-state index contributed by atoms with van der Waals surface area (Å²) in [6, 6.07) is 14.7. The maximum Gasteiger partial charge on any atom is 0.274 e. The molecule has 0 aliphatic rings. The van der Waals surface area contributed by atoms with E-state index in [0.717, 1.165) is 17.0 Å². The van der Waals surface area contributed by atoms with Crippen LogP contribution in [0.25, 0.3) is 0 Å². The number of nitrogens with zero attached hydrogens (tertiary/aromatic N) is 2. The Balaban J connectivity index is 1.73. The first kappa shape index (κ1) is 17.0. The molecule has 0 aliphatic carbocycles. The van der Waals surface area contributed by atoms with E-state index in [1.807, 2.05) is 49.4 Å². The van der Waals surface area contributed by atoms with Crippen LogP contribution in [0, 0.1) is 0 Å². The largest absolute Gasteiger partial charge is 0.494 e. The summed E-state index contributed by atoms with van der Waals surface area (Å²) in [6.45, 7) is 2.54. The third-order valence-corrected chi connectivity index (χ3v) is 3.88. The Labute approximate surface area is 149 Å². The summed E-state index contributed by atoms with van der Waals surface area (Å²) < 4.78 is 5.39. The molecule has 7 heteroatoms. The molecule has 3 rings (SSSR count). The summed E-state index contributed by atoms with van der Waals surface area (Å²) in [4.78, 5) is 14.9. The van der Waals surface area contributed by atoms with Gasteiger partial charge in [0.25, 0.3) is 5.56 Å². The molecule has 3 aromatic rings. The second kappa shape index (κ2) is 7.81. The minimum Gasteiger partial charge on any atom is -0.494 e. The first-order valence-electron chi connectivity index (χ1n) is 7.85. The molecule has 0 fully saturated rings. The highest BCUT2D eigenvalue weighted by Crippen LogP contribution is 2.18. The van der Waals surface area contributed by atoms with Gasteiger partial charge in [-0.2, -0.15) is 0 Å². The zero-order valence-corrected chi connectivity index (χ0v) is 14.4.